The molecule has 1 aromatic carbocycles. The van der Waals surface area contributed by atoms with Gasteiger partial charge in [-0.25, -0.2) is 4.79 Å². The molecule has 5 heteroatoms. The average molecular weight is 395 g/mol. The highest BCUT2D eigenvalue weighted by molar-refractivity contribution is 6.00. The average Bonchev–Trinajstić information content (AvgIpc) is 3.05. The Kier molecular flexibility index (Phi) is 7.89. The third kappa shape index (κ3) is 4.99. The van der Waals surface area contributed by atoms with Crippen molar-refractivity contribution in [3.63, 3.8) is 0 Å². The van der Waals surface area contributed by atoms with Crippen LogP contribution in [0.5, 0.6) is 5.75 Å². The minimum absolute atomic E-state index is 0.263. The van der Waals surface area contributed by atoms with Crippen LogP contribution in [-0.2, 0) is 4.74 Å². The van der Waals surface area contributed by atoms with Gasteiger partial charge in [0.25, 0.3) is 0 Å². The van der Waals surface area contributed by atoms with Gasteiger partial charge in [-0.05, 0) is 43.0 Å². The number of hydrogen-bond acceptors (Lipinski definition) is 4. The van der Waals surface area contributed by atoms with E-state index in [-0.39, 0.29) is 12.3 Å². The van der Waals surface area contributed by atoms with Crippen molar-refractivity contribution < 1.29 is 14.3 Å². The molecule has 1 heterocycles. The Morgan fingerprint density at radius 2 is 2.00 bits per heavy atom. The summed E-state index contributed by atoms with van der Waals surface area (Å²) >= 11 is 0. The molecule has 0 saturated heterocycles. The molecule has 0 amide bonds. The minimum atomic E-state index is -0.479. The molecule has 0 aliphatic carbocycles. The topological polar surface area (TPSA) is 66.5 Å². The molecule has 0 saturated carbocycles. The summed E-state index contributed by atoms with van der Waals surface area (Å²) in [5, 5.41) is 0. The third-order valence-electron chi connectivity index (χ3n) is 4.62. The van der Waals surface area contributed by atoms with Crippen LogP contribution in [0.15, 0.2) is 55.3 Å². The van der Waals surface area contributed by atoms with E-state index in [1.165, 1.54) is 4.68 Å². The number of nitrogens with zero attached hydrogens (tertiary/aromatic N) is 1. The molecular formula is C24H30N2O3. The van der Waals surface area contributed by atoms with Crippen molar-refractivity contribution >= 4 is 11.5 Å². The number of carbonyl (C=O) groups excluding carboxylic acids is 1. The zero-order valence-electron chi connectivity index (χ0n) is 17.7. The summed E-state index contributed by atoms with van der Waals surface area (Å²) in [4.78, 5) is 12.6. The molecule has 1 aromatic heterocycles. The molecule has 2 rings (SSSR count). The molecule has 2 N–H and O–H groups in total. The quantitative estimate of drug-likeness (QED) is 0.357. The van der Waals surface area contributed by atoms with Gasteiger partial charge in [0.1, 0.15) is 5.75 Å². The van der Waals surface area contributed by atoms with E-state index in [1.54, 1.807) is 20.2 Å². The lowest BCUT2D eigenvalue weighted by molar-refractivity contribution is 0.0516. The number of ether oxygens (including phenoxy) is 2. The van der Waals surface area contributed by atoms with E-state index in [0.717, 1.165) is 35.3 Å². The highest BCUT2D eigenvalue weighted by Crippen LogP contribution is 2.37. The van der Waals surface area contributed by atoms with Crippen LogP contribution in [-0.4, -0.2) is 24.4 Å². The fraction of sp³-hybridized carbons (Fsp3) is 0.292. The van der Waals surface area contributed by atoms with Crippen molar-refractivity contribution in [2.75, 3.05) is 19.6 Å². The first kappa shape index (κ1) is 22.1. The summed E-state index contributed by atoms with van der Waals surface area (Å²) in [5.41, 5.74) is 4.29. The van der Waals surface area contributed by atoms with Crippen LogP contribution in [0, 0.1) is 6.92 Å². The normalized spacial score (nSPS) is 11.3. The molecule has 0 spiro atoms. The zero-order chi connectivity index (χ0) is 21.4. The number of benzene rings is 1. The highest BCUT2D eigenvalue weighted by Gasteiger charge is 2.25. The van der Waals surface area contributed by atoms with Gasteiger partial charge in [-0.2, -0.15) is 0 Å². The second kappa shape index (κ2) is 10.4. The van der Waals surface area contributed by atoms with Crippen LogP contribution in [0.3, 0.4) is 0 Å². The van der Waals surface area contributed by atoms with Crippen LogP contribution < -0.4 is 10.6 Å². The van der Waals surface area contributed by atoms with Gasteiger partial charge in [-0.3, -0.25) is 4.68 Å². The van der Waals surface area contributed by atoms with Crippen molar-refractivity contribution in [2.45, 2.75) is 33.6 Å². The molecule has 0 fully saturated rings. The Morgan fingerprint density at radius 1 is 1.24 bits per heavy atom. The molecule has 2 aromatic rings. The molecule has 154 valence electrons. The number of rotatable bonds is 9. The van der Waals surface area contributed by atoms with Gasteiger partial charge < -0.3 is 15.3 Å². The lowest BCUT2D eigenvalue weighted by Gasteiger charge is -2.12. The first-order valence-electron chi connectivity index (χ1n) is 9.80. The Bertz CT molecular complexity index is 936. The van der Waals surface area contributed by atoms with E-state index in [9.17, 15) is 4.79 Å². The van der Waals surface area contributed by atoms with E-state index in [2.05, 4.69) is 19.6 Å². The molecule has 0 unspecified atom stereocenters. The van der Waals surface area contributed by atoms with E-state index >= 15 is 0 Å². The molecule has 0 bridgehead atoms. The van der Waals surface area contributed by atoms with Crippen molar-refractivity contribution in [2.24, 2.45) is 0 Å². The fourth-order valence-corrected chi connectivity index (χ4v) is 3.18. The first-order chi connectivity index (χ1) is 14.0. The van der Waals surface area contributed by atoms with Gasteiger partial charge in [-0.1, -0.05) is 56.4 Å². The maximum absolute atomic E-state index is 12.6. The van der Waals surface area contributed by atoms with Gasteiger partial charge in [0.2, 0.25) is 0 Å². The van der Waals surface area contributed by atoms with E-state index in [1.807, 2.05) is 43.4 Å². The number of nitrogen functional groups attached to an aromatic ring is 1. The van der Waals surface area contributed by atoms with E-state index in [0.29, 0.717) is 11.1 Å². The summed E-state index contributed by atoms with van der Waals surface area (Å²) in [6.07, 6.45) is 11.7. The van der Waals surface area contributed by atoms with Crippen LogP contribution in [0.2, 0.25) is 0 Å². The SMILES string of the molecule is C=C(/C=C\C=C/CCC)c1c(-c2cccc(OC)c2C)cn(N)c1C(=O)OCC. The summed E-state index contributed by atoms with van der Waals surface area (Å²) in [5.74, 6) is 6.45. The first-order valence-corrected chi connectivity index (χ1v) is 9.80. The monoisotopic (exact) mass is 394 g/mol. The number of methoxy groups -OCH3 is 1. The van der Waals surface area contributed by atoms with Crippen molar-refractivity contribution in [3.05, 3.63) is 72.1 Å². The van der Waals surface area contributed by atoms with Gasteiger partial charge in [0.05, 0.1) is 13.7 Å². The second-order valence-corrected chi connectivity index (χ2v) is 6.63. The Hall–Kier alpha value is -3.21. The van der Waals surface area contributed by atoms with Crippen molar-refractivity contribution in [1.82, 2.24) is 4.68 Å². The summed E-state index contributed by atoms with van der Waals surface area (Å²) in [6.45, 7) is 10.3. The van der Waals surface area contributed by atoms with Crippen LogP contribution in [0.4, 0.5) is 0 Å². The number of unbranched alkanes of at least 4 members (excludes halogenated alkanes) is 1. The van der Waals surface area contributed by atoms with Gasteiger partial charge >= 0.3 is 5.97 Å². The number of aromatic nitrogens is 1. The van der Waals surface area contributed by atoms with Gasteiger partial charge in [0, 0.05) is 17.3 Å². The Balaban J connectivity index is 2.62. The third-order valence-corrected chi connectivity index (χ3v) is 4.62. The number of allylic oxidation sites excluding steroid dienone is 5. The molecular weight excluding hydrogens is 364 g/mol. The zero-order valence-corrected chi connectivity index (χ0v) is 17.7. The number of esters is 1. The lowest BCUT2D eigenvalue weighted by atomic mass is 9.94. The predicted octanol–water partition coefficient (Wildman–Crippen LogP) is 5.29. The predicted molar refractivity (Wildman–Crippen MR) is 119 cm³/mol. The maximum atomic E-state index is 12.6. The largest absolute Gasteiger partial charge is 0.496 e. The summed E-state index contributed by atoms with van der Waals surface area (Å²) in [7, 11) is 1.63. The summed E-state index contributed by atoms with van der Waals surface area (Å²) in [6, 6.07) is 5.79. The maximum Gasteiger partial charge on any atom is 0.357 e. The van der Waals surface area contributed by atoms with E-state index in [4.69, 9.17) is 15.3 Å². The lowest BCUT2D eigenvalue weighted by Crippen LogP contribution is -2.18. The summed E-state index contributed by atoms with van der Waals surface area (Å²) < 4.78 is 12.0. The molecule has 0 radical (unpaired) electrons. The number of nitrogens with two attached hydrogens (primary N) is 1. The van der Waals surface area contributed by atoms with Gasteiger partial charge in [-0.15, -0.1) is 0 Å². The Labute approximate surface area is 173 Å². The molecule has 29 heavy (non-hydrogen) atoms. The van der Waals surface area contributed by atoms with Crippen molar-refractivity contribution in [1.29, 1.82) is 0 Å². The van der Waals surface area contributed by atoms with E-state index < -0.39 is 5.97 Å². The number of carbonyl (C=O) groups is 1. The van der Waals surface area contributed by atoms with Crippen molar-refractivity contribution in [3.8, 4) is 16.9 Å². The van der Waals surface area contributed by atoms with Crippen LogP contribution >= 0.6 is 0 Å². The van der Waals surface area contributed by atoms with Crippen LogP contribution in [0.1, 0.15) is 48.3 Å². The molecule has 5 nitrogen and oxygen atoms in total. The smallest absolute Gasteiger partial charge is 0.357 e. The van der Waals surface area contributed by atoms with Gasteiger partial charge in [0.15, 0.2) is 5.69 Å². The standard InChI is InChI=1S/C24H30N2O3/c1-6-8-9-10-11-13-17(3)22-20(16-26(25)23(22)24(27)29-7-2)19-14-12-15-21(28-5)18(19)4/h9-16H,3,6-8,25H2,1-2,4-5H3/b10-9-,13-11-. The number of hydrogen-bond donors (Lipinski definition) is 1. The minimum Gasteiger partial charge on any atom is -0.496 e. The molecule has 0 atom stereocenters. The fourth-order valence-electron chi connectivity index (χ4n) is 3.18. The molecule has 0 aliphatic heterocycles. The molecule has 0 aliphatic rings. The van der Waals surface area contributed by atoms with Crippen LogP contribution in [0.25, 0.3) is 16.7 Å². The highest BCUT2D eigenvalue weighted by atomic mass is 16.5. The Morgan fingerprint density at radius 3 is 2.66 bits per heavy atom. The second-order valence-electron chi connectivity index (χ2n) is 6.63.